The summed E-state index contributed by atoms with van der Waals surface area (Å²) in [6, 6.07) is 11.7. The van der Waals surface area contributed by atoms with Crippen LogP contribution in [0, 0.1) is 0 Å². The average Bonchev–Trinajstić information content (AvgIpc) is 2.62. The minimum absolute atomic E-state index is 0.0879. The Hall–Kier alpha value is -3.10. The SMILES string of the molecule is COc1ccc(Cl)cc1NC(=O)C[NH+](C)CC(=O)Nc1ccc(NC(C)=O)cc1. The topological polar surface area (TPSA) is 101 Å². The minimum atomic E-state index is -0.268. The van der Waals surface area contributed by atoms with Crippen LogP contribution >= 0.6 is 11.6 Å². The van der Waals surface area contributed by atoms with Gasteiger partial charge in [0.2, 0.25) is 5.91 Å². The van der Waals surface area contributed by atoms with Crippen LogP contribution in [0.5, 0.6) is 5.75 Å². The lowest BCUT2D eigenvalue weighted by atomic mass is 10.2. The van der Waals surface area contributed by atoms with E-state index in [1.54, 1.807) is 49.5 Å². The number of halogens is 1. The number of likely N-dealkylation sites (N-methyl/N-ethyl adjacent to an activating group) is 1. The van der Waals surface area contributed by atoms with Gasteiger partial charge in [-0.05, 0) is 42.5 Å². The van der Waals surface area contributed by atoms with Crippen molar-refractivity contribution in [1.29, 1.82) is 0 Å². The molecule has 154 valence electrons. The molecule has 2 aromatic rings. The molecule has 8 nitrogen and oxygen atoms in total. The van der Waals surface area contributed by atoms with Crippen molar-refractivity contribution in [2.75, 3.05) is 43.2 Å². The van der Waals surface area contributed by atoms with Crippen LogP contribution in [0.4, 0.5) is 17.1 Å². The number of benzene rings is 2. The van der Waals surface area contributed by atoms with Gasteiger partial charge in [-0.15, -0.1) is 0 Å². The number of carbonyl (C=O) groups excluding carboxylic acids is 3. The van der Waals surface area contributed by atoms with Crippen molar-refractivity contribution in [2.45, 2.75) is 6.92 Å². The summed E-state index contributed by atoms with van der Waals surface area (Å²) in [4.78, 5) is 36.2. The second kappa shape index (κ2) is 10.4. The Kier molecular flexibility index (Phi) is 7.99. The number of amides is 3. The Morgan fingerprint density at radius 1 is 0.931 bits per heavy atom. The molecule has 0 saturated heterocycles. The highest BCUT2D eigenvalue weighted by Gasteiger charge is 2.16. The van der Waals surface area contributed by atoms with Crippen molar-refractivity contribution in [3.63, 3.8) is 0 Å². The zero-order valence-electron chi connectivity index (χ0n) is 16.5. The molecule has 0 aliphatic carbocycles. The Bertz CT molecular complexity index is 887. The van der Waals surface area contributed by atoms with E-state index in [0.29, 0.717) is 32.7 Å². The van der Waals surface area contributed by atoms with Crippen LogP contribution in [-0.2, 0) is 14.4 Å². The summed E-state index contributed by atoms with van der Waals surface area (Å²) in [6.45, 7) is 1.62. The average molecular weight is 420 g/mol. The van der Waals surface area contributed by atoms with Gasteiger partial charge in [0.15, 0.2) is 13.1 Å². The number of quaternary nitrogens is 1. The molecule has 1 atom stereocenters. The number of nitrogens with one attached hydrogen (secondary N) is 4. The molecule has 2 rings (SSSR count). The van der Waals surface area contributed by atoms with Crippen LogP contribution in [0.15, 0.2) is 42.5 Å². The maximum Gasteiger partial charge on any atom is 0.279 e. The molecule has 9 heteroatoms. The Labute approximate surface area is 174 Å². The molecule has 0 saturated carbocycles. The molecule has 3 amide bonds. The molecule has 0 heterocycles. The van der Waals surface area contributed by atoms with Crippen molar-refractivity contribution < 1.29 is 24.0 Å². The van der Waals surface area contributed by atoms with E-state index in [-0.39, 0.29) is 30.8 Å². The van der Waals surface area contributed by atoms with Gasteiger partial charge in [0.05, 0.1) is 19.8 Å². The molecule has 0 aliphatic heterocycles. The lowest BCUT2D eigenvalue weighted by Gasteiger charge is -2.15. The maximum absolute atomic E-state index is 12.3. The van der Waals surface area contributed by atoms with E-state index in [0.717, 1.165) is 0 Å². The Morgan fingerprint density at radius 2 is 1.48 bits per heavy atom. The summed E-state index contributed by atoms with van der Waals surface area (Å²) >= 11 is 5.96. The number of rotatable bonds is 8. The van der Waals surface area contributed by atoms with Crippen molar-refractivity contribution in [2.24, 2.45) is 0 Å². The van der Waals surface area contributed by atoms with E-state index in [2.05, 4.69) is 16.0 Å². The number of ether oxygens (including phenoxy) is 1. The molecule has 0 spiro atoms. The van der Waals surface area contributed by atoms with Gasteiger partial charge in [-0.25, -0.2) is 0 Å². The molecule has 0 fully saturated rings. The summed E-state index contributed by atoms with van der Waals surface area (Å²) in [6.07, 6.45) is 0. The zero-order chi connectivity index (χ0) is 21.4. The monoisotopic (exact) mass is 419 g/mol. The number of methoxy groups -OCH3 is 1. The van der Waals surface area contributed by atoms with Crippen LogP contribution in [0.25, 0.3) is 0 Å². The normalized spacial score (nSPS) is 11.3. The first-order valence-electron chi connectivity index (χ1n) is 8.89. The van der Waals surface area contributed by atoms with E-state index >= 15 is 0 Å². The molecule has 4 N–H and O–H groups in total. The van der Waals surface area contributed by atoms with Gasteiger partial charge in [-0.1, -0.05) is 11.6 Å². The number of carbonyl (C=O) groups is 3. The van der Waals surface area contributed by atoms with Crippen molar-refractivity contribution in [3.05, 3.63) is 47.5 Å². The Morgan fingerprint density at radius 3 is 2.03 bits per heavy atom. The number of hydrogen-bond acceptors (Lipinski definition) is 4. The summed E-state index contributed by atoms with van der Waals surface area (Å²) in [5.74, 6) is -0.167. The largest absolute Gasteiger partial charge is 0.495 e. The fourth-order valence-electron chi connectivity index (χ4n) is 2.63. The summed E-state index contributed by atoms with van der Waals surface area (Å²) in [7, 11) is 3.25. The Balaban J connectivity index is 1.84. The third-order valence-electron chi connectivity index (χ3n) is 3.85. The molecular weight excluding hydrogens is 396 g/mol. The first-order chi connectivity index (χ1) is 13.8. The van der Waals surface area contributed by atoms with Gasteiger partial charge in [-0.3, -0.25) is 14.4 Å². The second-order valence-electron chi connectivity index (χ2n) is 6.51. The first-order valence-corrected chi connectivity index (χ1v) is 9.27. The molecule has 0 aliphatic rings. The highest BCUT2D eigenvalue weighted by molar-refractivity contribution is 6.31. The summed E-state index contributed by atoms with van der Waals surface area (Å²) in [5.41, 5.74) is 1.72. The number of hydrogen-bond donors (Lipinski definition) is 4. The zero-order valence-corrected chi connectivity index (χ0v) is 17.2. The van der Waals surface area contributed by atoms with Gasteiger partial charge < -0.3 is 25.6 Å². The van der Waals surface area contributed by atoms with E-state index in [1.165, 1.54) is 14.0 Å². The predicted molar refractivity (Wildman–Crippen MR) is 113 cm³/mol. The van der Waals surface area contributed by atoms with E-state index in [9.17, 15) is 14.4 Å². The van der Waals surface area contributed by atoms with E-state index in [4.69, 9.17) is 16.3 Å². The van der Waals surface area contributed by atoms with Gasteiger partial charge in [0, 0.05) is 23.3 Å². The van der Waals surface area contributed by atoms with Gasteiger partial charge in [0.1, 0.15) is 5.75 Å². The highest BCUT2D eigenvalue weighted by atomic mass is 35.5. The first kappa shape index (κ1) is 22.2. The van der Waals surface area contributed by atoms with E-state index in [1.807, 2.05) is 0 Å². The molecule has 0 radical (unpaired) electrons. The predicted octanol–water partition coefficient (Wildman–Crippen LogP) is 1.40. The van der Waals surface area contributed by atoms with Gasteiger partial charge >= 0.3 is 0 Å². The standard InChI is InChI=1S/C20H23ClN4O4/c1-13(26)22-15-5-7-16(8-6-15)23-19(27)11-25(2)12-20(28)24-17-10-14(21)4-9-18(17)29-3/h4-10H,11-12H2,1-3H3,(H,22,26)(H,23,27)(H,24,28)/p+1. The van der Waals surface area contributed by atoms with Gasteiger partial charge in [0.25, 0.3) is 11.8 Å². The minimum Gasteiger partial charge on any atom is -0.495 e. The second-order valence-corrected chi connectivity index (χ2v) is 6.95. The fraction of sp³-hybridized carbons (Fsp3) is 0.250. The van der Waals surface area contributed by atoms with Crippen LogP contribution in [-0.4, -0.2) is 45.0 Å². The highest BCUT2D eigenvalue weighted by Crippen LogP contribution is 2.27. The quantitative estimate of drug-likeness (QED) is 0.519. The lowest BCUT2D eigenvalue weighted by Crippen LogP contribution is -3.11. The van der Waals surface area contributed by atoms with Gasteiger partial charge in [-0.2, -0.15) is 0 Å². The third-order valence-corrected chi connectivity index (χ3v) is 4.08. The molecule has 29 heavy (non-hydrogen) atoms. The van der Waals surface area contributed by atoms with Crippen LogP contribution in [0.1, 0.15) is 6.92 Å². The molecule has 0 aromatic heterocycles. The van der Waals surface area contributed by atoms with Crippen LogP contribution in [0.3, 0.4) is 0 Å². The molecular formula is C20H24ClN4O4+. The van der Waals surface area contributed by atoms with E-state index < -0.39 is 0 Å². The lowest BCUT2D eigenvalue weighted by molar-refractivity contribution is -0.862. The summed E-state index contributed by atoms with van der Waals surface area (Å²) in [5, 5.41) is 8.63. The van der Waals surface area contributed by atoms with Crippen molar-refractivity contribution >= 4 is 46.4 Å². The van der Waals surface area contributed by atoms with Crippen LogP contribution < -0.4 is 25.6 Å². The molecule has 2 aromatic carbocycles. The smallest absolute Gasteiger partial charge is 0.279 e. The van der Waals surface area contributed by atoms with Crippen molar-refractivity contribution in [1.82, 2.24) is 0 Å². The molecule has 1 unspecified atom stereocenters. The maximum atomic E-state index is 12.3. The fourth-order valence-corrected chi connectivity index (χ4v) is 2.80. The third kappa shape index (κ3) is 7.44. The summed E-state index contributed by atoms with van der Waals surface area (Å²) < 4.78 is 5.20. The van der Waals surface area contributed by atoms with Crippen molar-refractivity contribution in [3.8, 4) is 5.75 Å². The van der Waals surface area contributed by atoms with Crippen LogP contribution in [0.2, 0.25) is 5.02 Å². The number of anilines is 3. The molecule has 0 bridgehead atoms.